The van der Waals surface area contributed by atoms with Crippen molar-refractivity contribution in [2.24, 2.45) is 0 Å². The number of aromatic nitrogens is 4. The molecule has 0 aliphatic heterocycles. The molecule has 0 bridgehead atoms. The Morgan fingerprint density at radius 1 is 0.462 bits per heavy atom. The van der Waals surface area contributed by atoms with Crippen LogP contribution in [0, 0.1) is 0 Å². The van der Waals surface area contributed by atoms with E-state index >= 15 is 0 Å². The number of para-hydroxylation sites is 2. The number of pyridine rings is 1. The molecule has 0 radical (unpaired) electrons. The molecule has 5 nitrogen and oxygen atoms in total. The summed E-state index contributed by atoms with van der Waals surface area (Å²) in [6.07, 6.45) is 1.91. The lowest BCUT2D eigenvalue weighted by molar-refractivity contribution is 0.620. The molecule has 0 amide bonds. The first-order valence-corrected chi connectivity index (χ1v) is 22.3. The van der Waals surface area contributed by atoms with Crippen LogP contribution >= 0.6 is 0 Å². The molecule has 0 N–H and O–H groups in total. The molecule has 0 atom stereocenters. The number of fused-ring (bicyclic) bond motifs is 11. The van der Waals surface area contributed by atoms with Crippen LogP contribution in [0.25, 0.3) is 127 Å². The standard InChI is InChI=1S/C60H38N4O/c1-60(2)50-20-10-18-45-55(50)48(43-19-11-31-61-58(43)60)34-49-47-33-39(28-30-54(47)65-57(45)49)38-27-29-53-46(32-38)42-15-6-8-22-52(42)64(53)59-62-51-21-7-5-16-44(51)56(63-59)37-25-23-36(24-26-37)41-17-9-13-35-12-3-4-14-40(35)41/h3-34H,1-2H3. The number of hydrogen-bond acceptors (Lipinski definition) is 4. The second-order valence-corrected chi connectivity index (χ2v) is 17.9. The normalized spacial score (nSPS) is 13.2. The van der Waals surface area contributed by atoms with Crippen molar-refractivity contribution in [3.8, 4) is 50.6 Å². The Hall–Kier alpha value is -8.41. The number of benzene rings is 9. The summed E-state index contributed by atoms with van der Waals surface area (Å²) in [5.41, 5.74) is 16.0. The summed E-state index contributed by atoms with van der Waals surface area (Å²) >= 11 is 0. The molecule has 5 heteroatoms. The Morgan fingerprint density at radius 2 is 1.14 bits per heavy atom. The van der Waals surface area contributed by atoms with Crippen LogP contribution in [0.3, 0.4) is 0 Å². The maximum Gasteiger partial charge on any atom is 0.235 e. The maximum absolute atomic E-state index is 6.75. The lowest BCUT2D eigenvalue weighted by atomic mass is 9.71. The average molecular weight is 831 g/mol. The molecule has 0 fully saturated rings. The van der Waals surface area contributed by atoms with Crippen LogP contribution < -0.4 is 0 Å². The molecule has 9 aromatic carbocycles. The van der Waals surface area contributed by atoms with Gasteiger partial charge in [0.2, 0.25) is 5.95 Å². The molecule has 0 unspecified atom stereocenters. The van der Waals surface area contributed by atoms with Crippen molar-refractivity contribution in [1.82, 2.24) is 19.5 Å². The molecule has 304 valence electrons. The van der Waals surface area contributed by atoms with Gasteiger partial charge >= 0.3 is 0 Å². The quantitative estimate of drug-likeness (QED) is 0.177. The van der Waals surface area contributed by atoms with Gasteiger partial charge < -0.3 is 4.42 Å². The van der Waals surface area contributed by atoms with Crippen LogP contribution in [0.5, 0.6) is 0 Å². The van der Waals surface area contributed by atoms with Crippen molar-refractivity contribution in [1.29, 1.82) is 0 Å². The van der Waals surface area contributed by atoms with Crippen molar-refractivity contribution in [3.63, 3.8) is 0 Å². The third-order valence-corrected chi connectivity index (χ3v) is 14.0. The molecular formula is C60H38N4O. The highest BCUT2D eigenvalue weighted by Crippen LogP contribution is 2.51. The summed E-state index contributed by atoms with van der Waals surface area (Å²) in [5.74, 6) is 0.640. The van der Waals surface area contributed by atoms with Crippen LogP contribution in [-0.4, -0.2) is 19.5 Å². The van der Waals surface area contributed by atoms with Gasteiger partial charge in [-0.2, -0.15) is 0 Å². The summed E-state index contributed by atoms with van der Waals surface area (Å²) in [5, 5.41) is 10.4. The number of furan rings is 1. The predicted octanol–water partition coefficient (Wildman–Crippen LogP) is 15.6. The summed E-state index contributed by atoms with van der Waals surface area (Å²) in [4.78, 5) is 15.6. The minimum Gasteiger partial charge on any atom is -0.455 e. The molecule has 1 aliphatic carbocycles. The van der Waals surface area contributed by atoms with Crippen molar-refractivity contribution < 1.29 is 4.42 Å². The van der Waals surface area contributed by atoms with Crippen molar-refractivity contribution in [3.05, 3.63) is 206 Å². The predicted molar refractivity (Wildman–Crippen MR) is 268 cm³/mol. The second kappa shape index (κ2) is 13.3. The average Bonchev–Trinajstić information content (AvgIpc) is 3.90. The van der Waals surface area contributed by atoms with Gasteiger partial charge in [-0.3, -0.25) is 9.55 Å². The van der Waals surface area contributed by atoms with Crippen LogP contribution in [0.15, 0.2) is 199 Å². The maximum atomic E-state index is 6.75. The molecule has 14 rings (SSSR count). The van der Waals surface area contributed by atoms with Gasteiger partial charge in [0, 0.05) is 55.1 Å². The topological polar surface area (TPSA) is 56.7 Å². The van der Waals surface area contributed by atoms with Crippen molar-refractivity contribution in [2.75, 3.05) is 0 Å². The Bertz CT molecular complexity index is 4150. The summed E-state index contributed by atoms with van der Waals surface area (Å²) in [7, 11) is 0. The van der Waals surface area contributed by atoms with Crippen LogP contribution in [0.4, 0.5) is 0 Å². The van der Waals surface area contributed by atoms with E-state index in [0.29, 0.717) is 5.95 Å². The molecule has 1 aliphatic rings. The monoisotopic (exact) mass is 830 g/mol. The van der Waals surface area contributed by atoms with Crippen LogP contribution in [-0.2, 0) is 5.41 Å². The Balaban J connectivity index is 0.912. The van der Waals surface area contributed by atoms with E-state index in [1.807, 2.05) is 6.20 Å². The molecule has 0 spiro atoms. The van der Waals surface area contributed by atoms with Crippen molar-refractivity contribution >= 4 is 76.2 Å². The molecule has 0 saturated heterocycles. The van der Waals surface area contributed by atoms with Crippen LogP contribution in [0.2, 0.25) is 0 Å². The first kappa shape index (κ1) is 36.1. The largest absolute Gasteiger partial charge is 0.455 e. The Morgan fingerprint density at radius 3 is 2.03 bits per heavy atom. The van der Waals surface area contributed by atoms with E-state index < -0.39 is 0 Å². The Kier molecular flexibility index (Phi) is 7.39. The van der Waals surface area contributed by atoms with E-state index in [2.05, 4.69) is 206 Å². The highest BCUT2D eigenvalue weighted by Gasteiger charge is 2.35. The third-order valence-electron chi connectivity index (χ3n) is 14.0. The number of nitrogens with zero attached hydrogens (tertiary/aromatic N) is 4. The summed E-state index contributed by atoms with van der Waals surface area (Å²) in [6, 6.07) is 67.4. The van der Waals surface area contributed by atoms with Gasteiger partial charge in [0.15, 0.2) is 0 Å². The van der Waals surface area contributed by atoms with E-state index in [9.17, 15) is 0 Å². The molecule has 0 saturated carbocycles. The molecule has 65 heavy (non-hydrogen) atoms. The second-order valence-electron chi connectivity index (χ2n) is 17.9. The zero-order valence-corrected chi connectivity index (χ0v) is 35.7. The molecule has 4 aromatic heterocycles. The summed E-state index contributed by atoms with van der Waals surface area (Å²) < 4.78 is 8.97. The fourth-order valence-corrected chi connectivity index (χ4v) is 10.9. The van der Waals surface area contributed by atoms with E-state index in [1.165, 1.54) is 44.0 Å². The van der Waals surface area contributed by atoms with Gasteiger partial charge in [-0.05, 0) is 98.1 Å². The minimum atomic E-state index is -0.230. The highest BCUT2D eigenvalue weighted by atomic mass is 16.3. The van der Waals surface area contributed by atoms with Crippen molar-refractivity contribution in [2.45, 2.75) is 19.3 Å². The number of hydrogen-bond donors (Lipinski definition) is 0. The van der Waals surface area contributed by atoms with Gasteiger partial charge in [-0.15, -0.1) is 0 Å². The van der Waals surface area contributed by atoms with E-state index in [4.69, 9.17) is 19.4 Å². The fraction of sp³-hybridized carbons (Fsp3) is 0.0500. The summed E-state index contributed by atoms with van der Waals surface area (Å²) in [6.45, 7) is 4.55. The lowest BCUT2D eigenvalue weighted by Gasteiger charge is -2.33. The highest BCUT2D eigenvalue weighted by molar-refractivity contribution is 6.21. The number of rotatable bonds is 4. The van der Waals surface area contributed by atoms with Crippen LogP contribution in [0.1, 0.15) is 25.1 Å². The van der Waals surface area contributed by atoms with Gasteiger partial charge in [0.25, 0.3) is 0 Å². The van der Waals surface area contributed by atoms with Gasteiger partial charge in [0.05, 0.1) is 27.9 Å². The zero-order valence-electron chi connectivity index (χ0n) is 35.7. The zero-order chi connectivity index (χ0) is 43.0. The third kappa shape index (κ3) is 5.18. The minimum absolute atomic E-state index is 0.230. The fourth-order valence-electron chi connectivity index (χ4n) is 10.9. The SMILES string of the molecule is CC1(C)c2ncccc2-c2cc3c4cc(-c5ccc6c(c5)c5ccccc5n6-c5nc(-c6ccc(-c7cccc8ccccc78)cc6)c6ccccc6n5)ccc4oc3c3cccc1c23. The van der Waals surface area contributed by atoms with Gasteiger partial charge in [-0.25, -0.2) is 9.97 Å². The molecular weight excluding hydrogens is 793 g/mol. The first-order chi connectivity index (χ1) is 32.0. The molecule has 4 heterocycles. The lowest BCUT2D eigenvalue weighted by Crippen LogP contribution is -2.25. The van der Waals surface area contributed by atoms with E-state index in [-0.39, 0.29) is 5.41 Å². The van der Waals surface area contributed by atoms with Gasteiger partial charge in [-0.1, -0.05) is 153 Å². The Labute approximate surface area is 373 Å². The smallest absolute Gasteiger partial charge is 0.235 e. The van der Waals surface area contributed by atoms with E-state index in [0.717, 1.165) is 88.1 Å². The van der Waals surface area contributed by atoms with E-state index in [1.54, 1.807) is 0 Å². The first-order valence-electron chi connectivity index (χ1n) is 22.3. The van der Waals surface area contributed by atoms with Gasteiger partial charge in [0.1, 0.15) is 11.2 Å². The molecule has 13 aromatic rings.